The predicted octanol–water partition coefficient (Wildman–Crippen LogP) is 7.70. The Labute approximate surface area is 241 Å². The molecule has 0 saturated carbocycles. The molecule has 5 rings (SSSR count). The molecule has 8 heteroatoms. The molecule has 0 unspecified atom stereocenters. The van der Waals surface area contributed by atoms with Gasteiger partial charge in [-0.3, -0.25) is 4.99 Å². The van der Waals surface area contributed by atoms with E-state index in [4.69, 9.17) is 30.5 Å². The summed E-state index contributed by atoms with van der Waals surface area (Å²) in [5.41, 5.74) is 2.20. The molecular weight excluding hydrogens is 542 g/mol. The summed E-state index contributed by atoms with van der Waals surface area (Å²) in [6.45, 7) is 0. The Balaban J connectivity index is 1.22. The van der Waals surface area contributed by atoms with E-state index in [0.29, 0.717) is 33.3 Å². The monoisotopic (exact) mass is 565 g/mol. The summed E-state index contributed by atoms with van der Waals surface area (Å²) in [7, 11) is 3.11. The average Bonchev–Trinajstić information content (AvgIpc) is 3.00. The molecule has 7 nitrogen and oxygen atoms in total. The Morgan fingerprint density at radius 1 is 0.634 bits per heavy atom. The zero-order chi connectivity index (χ0) is 28.8. The Morgan fingerprint density at radius 3 is 2.02 bits per heavy atom. The molecular formula is C33H24ClNO6. The molecule has 0 amide bonds. The molecule has 0 radical (unpaired) electrons. The molecule has 0 fully saturated rings. The standard InChI is InChI=1S/C33H24ClNO6/c1-38-29-13-8-23-18-25(5-4-24(23)19-29)33(37)40-28-14-11-27(12-15-28)35-20-21-3-16-30(31(17-21)39-2)41-32(36)22-6-9-26(34)10-7-22/h3-20H,1-2H3. The number of hydrogen-bond acceptors (Lipinski definition) is 7. The Hall–Kier alpha value is -5.14. The lowest BCUT2D eigenvalue weighted by molar-refractivity contribution is 0.0722. The topological polar surface area (TPSA) is 83.4 Å². The number of benzene rings is 5. The highest BCUT2D eigenvalue weighted by Crippen LogP contribution is 2.29. The van der Waals surface area contributed by atoms with Crippen molar-refractivity contribution >= 4 is 46.2 Å². The Kier molecular flexibility index (Phi) is 8.27. The summed E-state index contributed by atoms with van der Waals surface area (Å²) >= 11 is 5.88. The number of ether oxygens (including phenoxy) is 4. The molecule has 0 aliphatic carbocycles. The van der Waals surface area contributed by atoms with Crippen LogP contribution in [0, 0.1) is 0 Å². The first-order valence-electron chi connectivity index (χ1n) is 12.5. The smallest absolute Gasteiger partial charge is 0.343 e. The average molecular weight is 566 g/mol. The lowest BCUT2D eigenvalue weighted by Crippen LogP contribution is -2.09. The second-order valence-corrected chi connectivity index (χ2v) is 9.31. The fourth-order valence-corrected chi connectivity index (χ4v) is 4.11. The fraction of sp³-hybridized carbons (Fsp3) is 0.0606. The van der Waals surface area contributed by atoms with Crippen LogP contribution in [0.5, 0.6) is 23.0 Å². The van der Waals surface area contributed by atoms with E-state index in [1.165, 1.54) is 7.11 Å². The van der Waals surface area contributed by atoms with Crippen LogP contribution >= 0.6 is 11.6 Å². The second kappa shape index (κ2) is 12.4. The zero-order valence-electron chi connectivity index (χ0n) is 22.2. The maximum absolute atomic E-state index is 12.7. The van der Waals surface area contributed by atoms with Crippen molar-refractivity contribution in [3.63, 3.8) is 0 Å². The third-order valence-electron chi connectivity index (χ3n) is 6.16. The van der Waals surface area contributed by atoms with Gasteiger partial charge in [-0.2, -0.15) is 0 Å². The molecule has 0 aliphatic rings. The number of carbonyl (C=O) groups excluding carboxylic acids is 2. The number of rotatable bonds is 8. The van der Waals surface area contributed by atoms with Gasteiger partial charge in [0.05, 0.1) is 31.0 Å². The van der Waals surface area contributed by atoms with Crippen LogP contribution < -0.4 is 18.9 Å². The lowest BCUT2D eigenvalue weighted by Gasteiger charge is -2.10. The van der Waals surface area contributed by atoms with Gasteiger partial charge in [0.15, 0.2) is 11.5 Å². The number of carbonyl (C=O) groups is 2. The maximum atomic E-state index is 12.7. The maximum Gasteiger partial charge on any atom is 0.343 e. The molecule has 5 aromatic carbocycles. The summed E-state index contributed by atoms with van der Waals surface area (Å²) in [6.07, 6.45) is 1.65. The minimum Gasteiger partial charge on any atom is -0.497 e. The molecule has 0 aromatic heterocycles. The summed E-state index contributed by atoms with van der Waals surface area (Å²) < 4.78 is 21.7. The van der Waals surface area contributed by atoms with Crippen LogP contribution in [0.25, 0.3) is 10.8 Å². The van der Waals surface area contributed by atoms with Gasteiger partial charge in [0.1, 0.15) is 11.5 Å². The highest BCUT2D eigenvalue weighted by Gasteiger charge is 2.13. The highest BCUT2D eigenvalue weighted by atomic mass is 35.5. The van der Waals surface area contributed by atoms with Gasteiger partial charge in [-0.25, -0.2) is 9.59 Å². The molecule has 5 aromatic rings. The number of methoxy groups -OCH3 is 2. The van der Waals surface area contributed by atoms with Crippen LogP contribution in [-0.4, -0.2) is 32.4 Å². The normalized spacial score (nSPS) is 10.9. The van der Waals surface area contributed by atoms with Crippen molar-refractivity contribution in [2.75, 3.05) is 14.2 Å². The van der Waals surface area contributed by atoms with E-state index in [2.05, 4.69) is 4.99 Å². The third kappa shape index (κ3) is 6.72. The first-order valence-corrected chi connectivity index (χ1v) is 12.9. The third-order valence-corrected chi connectivity index (χ3v) is 6.42. The summed E-state index contributed by atoms with van der Waals surface area (Å²) in [4.78, 5) is 29.6. The Morgan fingerprint density at radius 2 is 1.29 bits per heavy atom. The van der Waals surface area contributed by atoms with Gasteiger partial charge < -0.3 is 18.9 Å². The van der Waals surface area contributed by atoms with Crippen LogP contribution in [0.3, 0.4) is 0 Å². The van der Waals surface area contributed by atoms with Crippen LogP contribution in [0.2, 0.25) is 5.02 Å². The number of esters is 2. The Bertz CT molecular complexity index is 1750. The van der Waals surface area contributed by atoms with Gasteiger partial charge in [0.25, 0.3) is 0 Å². The zero-order valence-corrected chi connectivity index (χ0v) is 22.9. The summed E-state index contributed by atoms with van der Waals surface area (Å²) in [5, 5.41) is 2.41. The van der Waals surface area contributed by atoms with Crippen molar-refractivity contribution in [2.45, 2.75) is 0 Å². The lowest BCUT2D eigenvalue weighted by atomic mass is 10.1. The predicted molar refractivity (Wildman–Crippen MR) is 159 cm³/mol. The van der Waals surface area contributed by atoms with Crippen LogP contribution in [-0.2, 0) is 0 Å². The molecule has 0 saturated heterocycles. The van der Waals surface area contributed by atoms with Crippen LogP contribution in [0.4, 0.5) is 5.69 Å². The number of nitrogens with zero attached hydrogens (tertiary/aromatic N) is 1. The SMILES string of the molecule is COc1ccc2cc(C(=O)Oc3ccc(N=Cc4ccc(OC(=O)c5ccc(Cl)cc5)c(OC)c4)cc3)ccc2c1. The molecule has 0 bridgehead atoms. The van der Waals surface area contributed by atoms with Gasteiger partial charge in [-0.05, 0) is 107 Å². The van der Waals surface area contributed by atoms with E-state index in [0.717, 1.165) is 22.1 Å². The van der Waals surface area contributed by atoms with E-state index in [1.807, 2.05) is 24.3 Å². The van der Waals surface area contributed by atoms with Gasteiger partial charge >= 0.3 is 11.9 Å². The molecule has 0 atom stereocenters. The van der Waals surface area contributed by atoms with Crippen molar-refractivity contribution < 1.29 is 28.5 Å². The molecule has 0 spiro atoms. The second-order valence-electron chi connectivity index (χ2n) is 8.88. The van der Waals surface area contributed by atoms with Crippen molar-refractivity contribution in [3.8, 4) is 23.0 Å². The van der Waals surface area contributed by atoms with Gasteiger partial charge in [0.2, 0.25) is 0 Å². The van der Waals surface area contributed by atoms with Crippen molar-refractivity contribution in [1.29, 1.82) is 0 Å². The van der Waals surface area contributed by atoms with E-state index < -0.39 is 11.9 Å². The molecule has 0 N–H and O–H groups in total. The van der Waals surface area contributed by atoms with Crippen molar-refractivity contribution in [2.24, 2.45) is 4.99 Å². The largest absolute Gasteiger partial charge is 0.497 e. The van der Waals surface area contributed by atoms with Crippen molar-refractivity contribution in [3.05, 3.63) is 125 Å². The molecule has 204 valence electrons. The minimum absolute atomic E-state index is 0.280. The quantitative estimate of drug-likeness (QED) is 0.109. The first-order chi connectivity index (χ1) is 19.9. The van der Waals surface area contributed by atoms with Crippen LogP contribution in [0.15, 0.2) is 108 Å². The minimum atomic E-state index is -0.525. The van der Waals surface area contributed by atoms with E-state index in [1.54, 1.807) is 92.2 Å². The fourth-order valence-electron chi connectivity index (χ4n) is 3.99. The van der Waals surface area contributed by atoms with Gasteiger partial charge in [0, 0.05) is 11.2 Å². The molecule has 0 heterocycles. The number of fused-ring (bicyclic) bond motifs is 1. The van der Waals surface area contributed by atoms with Gasteiger partial charge in [-0.1, -0.05) is 23.7 Å². The van der Waals surface area contributed by atoms with Crippen LogP contribution in [0.1, 0.15) is 26.3 Å². The molecule has 41 heavy (non-hydrogen) atoms. The number of hydrogen-bond donors (Lipinski definition) is 0. The van der Waals surface area contributed by atoms with E-state index in [-0.39, 0.29) is 5.75 Å². The van der Waals surface area contributed by atoms with E-state index >= 15 is 0 Å². The molecule has 0 aliphatic heterocycles. The number of aliphatic imine (C=N–C) groups is 1. The summed E-state index contributed by atoms with van der Waals surface area (Å²) in [6, 6.07) is 29.4. The van der Waals surface area contributed by atoms with Gasteiger partial charge in [-0.15, -0.1) is 0 Å². The first kappa shape index (κ1) is 27.4. The number of halogens is 1. The van der Waals surface area contributed by atoms with E-state index in [9.17, 15) is 9.59 Å². The van der Waals surface area contributed by atoms with Crippen molar-refractivity contribution in [1.82, 2.24) is 0 Å². The highest BCUT2D eigenvalue weighted by molar-refractivity contribution is 6.30. The summed E-state index contributed by atoms with van der Waals surface area (Å²) in [5.74, 6) is 0.833.